The average Bonchev–Trinajstić information content (AvgIpc) is 2.74. The fourth-order valence-electron chi connectivity index (χ4n) is 1.33. The molecule has 0 aliphatic carbocycles. The molecule has 16 heavy (non-hydrogen) atoms. The van der Waals surface area contributed by atoms with Crippen LogP contribution in [0.25, 0.3) is 0 Å². The third-order valence-electron chi connectivity index (χ3n) is 2.35. The highest BCUT2D eigenvalue weighted by Crippen LogP contribution is 2.09. The summed E-state index contributed by atoms with van der Waals surface area (Å²) >= 11 is 0. The Labute approximate surface area is 94.0 Å². The molecule has 0 radical (unpaired) electrons. The second-order valence-corrected chi connectivity index (χ2v) is 3.84. The van der Waals surface area contributed by atoms with Gasteiger partial charge in [-0.1, -0.05) is 12.1 Å². The van der Waals surface area contributed by atoms with Gasteiger partial charge in [-0.15, -0.1) is 0 Å². The molecule has 0 spiro atoms. The van der Waals surface area contributed by atoms with Gasteiger partial charge < -0.3 is 14.9 Å². The van der Waals surface area contributed by atoms with E-state index in [9.17, 15) is 4.79 Å². The van der Waals surface area contributed by atoms with Crippen molar-refractivity contribution < 1.29 is 14.4 Å². The molecule has 1 aromatic rings. The molecule has 6 heteroatoms. The van der Waals surface area contributed by atoms with Gasteiger partial charge in [0.2, 0.25) is 5.89 Å². The van der Waals surface area contributed by atoms with Crippen LogP contribution in [-0.2, 0) is 11.3 Å². The van der Waals surface area contributed by atoms with Crippen LogP contribution in [0.3, 0.4) is 0 Å². The number of hydrogen-bond acceptors (Lipinski definition) is 5. The largest absolute Gasteiger partial charge is 0.481 e. The molecule has 0 amide bonds. The Bertz CT molecular complexity index is 300. The molecule has 1 heterocycles. The summed E-state index contributed by atoms with van der Waals surface area (Å²) in [4.78, 5) is 14.2. The third-order valence-corrected chi connectivity index (χ3v) is 2.35. The smallest absolute Gasteiger partial charge is 0.303 e. The number of hydrogen-bond donors (Lipinski definition) is 2. The maximum absolute atomic E-state index is 10.3. The molecule has 0 aliphatic heterocycles. The SMILES string of the molecule is CC(CCNCc1ncno1)CCC(=O)O. The van der Waals surface area contributed by atoms with Gasteiger partial charge in [0.05, 0.1) is 6.54 Å². The summed E-state index contributed by atoms with van der Waals surface area (Å²) in [6, 6.07) is 0. The summed E-state index contributed by atoms with van der Waals surface area (Å²) in [5, 5.41) is 15.2. The first-order chi connectivity index (χ1) is 7.68. The van der Waals surface area contributed by atoms with E-state index < -0.39 is 5.97 Å². The van der Waals surface area contributed by atoms with Crippen LogP contribution in [0.1, 0.15) is 32.1 Å². The van der Waals surface area contributed by atoms with Crippen molar-refractivity contribution in [2.24, 2.45) is 5.92 Å². The summed E-state index contributed by atoms with van der Waals surface area (Å²) < 4.78 is 4.82. The summed E-state index contributed by atoms with van der Waals surface area (Å²) in [6.07, 6.45) is 3.27. The van der Waals surface area contributed by atoms with Gasteiger partial charge in [-0.05, 0) is 25.3 Å². The van der Waals surface area contributed by atoms with Gasteiger partial charge in [0.15, 0.2) is 6.33 Å². The topological polar surface area (TPSA) is 88.3 Å². The highest BCUT2D eigenvalue weighted by Gasteiger charge is 2.05. The Kier molecular flexibility index (Phi) is 5.49. The molecule has 2 N–H and O–H groups in total. The minimum absolute atomic E-state index is 0.241. The lowest BCUT2D eigenvalue weighted by Crippen LogP contribution is -2.17. The van der Waals surface area contributed by atoms with Crippen molar-refractivity contribution in [3.05, 3.63) is 12.2 Å². The van der Waals surface area contributed by atoms with Gasteiger partial charge in [-0.2, -0.15) is 4.98 Å². The van der Waals surface area contributed by atoms with Gasteiger partial charge in [0.1, 0.15) is 0 Å². The first kappa shape index (κ1) is 12.6. The van der Waals surface area contributed by atoms with Gasteiger partial charge in [0.25, 0.3) is 0 Å². The maximum Gasteiger partial charge on any atom is 0.303 e. The molecule has 90 valence electrons. The zero-order valence-corrected chi connectivity index (χ0v) is 9.35. The lowest BCUT2D eigenvalue weighted by Gasteiger charge is -2.09. The van der Waals surface area contributed by atoms with E-state index in [0.717, 1.165) is 19.4 Å². The predicted octanol–water partition coefficient (Wildman–Crippen LogP) is 1.05. The van der Waals surface area contributed by atoms with E-state index in [4.69, 9.17) is 9.63 Å². The molecular formula is C10H17N3O3. The number of aromatic nitrogens is 2. The zero-order valence-electron chi connectivity index (χ0n) is 9.35. The Morgan fingerprint density at radius 3 is 3.06 bits per heavy atom. The molecule has 0 aliphatic rings. The Morgan fingerprint density at radius 2 is 2.44 bits per heavy atom. The highest BCUT2D eigenvalue weighted by molar-refractivity contribution is 5.66. The van der Waals surface area contributed by atoms with Crippen molar-refractivity contribution >= 4 is 5.97 Å². The zero-order chi connectivity index (χ0) is 11.8. The van der Waals surface area contributed by atoms with E-state index in [1.54, 1.807) is 0 Å². The van der Waals surface area contributed by atoms with Crippen LogP contribution in [-0.4, -0.2) is 27.8 Å². The molecule has 0 saturated carbocycles. The molecule has 0 saturated heterocycles. The van der Waals surface area contributed by atoms with E-state index in [1.165, 1.54) is 6.33 Å². The molecule has 0 bridgehead atoms. The van der Waals surface area contributed by atoms with Crippen LogP contribution >= 0.6 is 0 Å². The lowest BCUT2D eigenvalue weighted by molar-refractivity contribution is -0.137. The summed E-state index contributed by atoms with van der Waals surface area (Å²) in [5.74, 6) is 0.246. The number of carboxylic acid groups (broad SMARTS) is 1. The third kappa shape index (κ3) is 5.45. The van der Waals surface area contributed by atoms with E-state index in [-0.39, 0.29) is 6.42 Å². The molecule has 1 atom stereocenters. The van der Waals surface area contributed by atoms with Crippen molar-refractivity contribution in [3.63, 3.8) is 0 Å². The van der Waals surface area contributed by atoms with Crippen molar-refractivity contribution in [2.45, 2.75) is 32.7 Å². The van der Waals surface area contributed by atoms with E-state index >= 15 is 0 Å². The Morgan fingerprint density at radius 1 is 1.62 bits per heavy atom. The highest BCUT2D eigenvalue weighted by atomic mass is 16.5. The number of nitrogens with zero attached hydrogens (tertiary/aromatic N) is 2. The first-order valence-corrected chi connectivity index (χ1v) is 5.36. The van der Waals surface area contributed by atoms with Crippen LogP contribution in [0.15, 0.2) is 10.9 Å². The van der Waals surface area contributed by atoms with E-state index in [1.807, 2.05) is 0 Å². The summed E-state index contributed by atoms with van der Waals surface area (Å²) in [7, 11) is 0. The minimum Gasteiger partial charge on any atom is -0.481 e. The van der Waals surface area contributed by atoms with Crippen molar-refractivity contribution in [3.8, 4) is 0 Å². The lowest BCUT2D eigenvalue weighted by atomic mass is 10.0. The molecule has 6 nitrogen and oxygen atoms in total. The fraction of sp³-hybridized carbons (Fsp3) is 0.700. The predicted molar refractivity (Wildman–Crippen MR) is 56.7 cm³/mol. The quantitative estimate of drug-likeness (QED) is 0.645. The van der Waals surface area contributed by atoms with Crippen LogP contribution < -0.4 is 5.32 Å². The molecular weight excluding hydrogens is 210 g/mol. The standard InChI is InChI=1S/C10H17N3O3/c1-8(2-3-10(14)15)4-5-11-6-9-12-7-13-16-9/h7-8,11H,2-6H2,1H3,(H,14,15). The van der Waals surface area contributed by atoms with Crippen LogP contribution in [0.5, 0.6) is 0 Å². The van der Waals surface area contributed by atoms with Gasteiger partial charge in [-0.25, -0.2) is 0 Å². The maximum atomic E-state index is 10.3. The second kappa shape index (κ2) is 6.95. The van der Waals surface area contributed by atoms with Gasteiger partial charge in [-0.3, -0.25) is 4.79 Å². The van der Waals surface area contributed by atoms with Crippen molar-refractivity contribution in [2.75, 3.05) is 6.54 Å². The first-order valence-electron chi connectivity index (χ1n) is 5.36. The van der Waals surface area contributed by atoms with Crippen LogP contribution in [0.2, 0.25) is 0 Å². The van der Waals surface area contributed by atoms with Crippen LogP contribution in [0.4, 0.5) is 0 Å². The van der Waals surface area contributed by atoms with Crippen molar-refractivity contribution in [1.82, 2.24) is 15.5 Å². The average molecular weight is 227 g/mol. The molecule has 1 rings (SSSR count). The number of aliphatic carboxylic acids is 1. The van der Waals surface area contributed by atoms with E-state index in [0.29, 0.717) is 18.4 Å². The summed E-state index contributed by atoms with van der Waals surface area (Å²) in [5.41, 5.74) is 0. The summed E-state index contributed by atoms with van der Waals surface area (Å²) in [6.45, 7) is 3.44. The Hall–Kier alpha value is -1.43. The normalized spacial score (nSPS) is 12.6. The van der Waals surface area contributed by atoms with E-state index in [2.05, 4.69) is 22.4 Å². The monoisotopic (exact) mass is 227 g/mol. The molecule has 1 unspecified atom stereocenters. The van der Waals surface area contributed by atoms with Gasteiger partial charge in [0, 0.05) is 6.42 Å². The number of carbonyl (C=O) groups is 1. The van der Waals surface area contributed by atoms with Crippen molar-refractivity contribution in [1.29, 1.82) is 0 Å². The molecule has 0 aromatic carbocycles. The molecule has 0 fully saturated rings. The number of rotatable bonds is 8. The number of nitrogens with one attached hydrogen (secondary N) is 1. The fourth-order valence-corrected chi connectivity index (χ4v) is 1.33. The molecule has 1 aromatic heterocycles. The Balaban J connectivity index is 2.00. The van der Waals surface area contributed by atoms with Gasteiger partial charge >= 0.3 is 5.97 Å². The number of carboxylic acids is 1. The second-order valence-electron chi connectivity index (χ2n) is 3.84. The minimum atomic E-state index is -0.731. The van der Waals surface area contributed by atoms with Crippen LogP contribution in [0, 0.1) is 5.92 Å².